The van der Waals surface area contributed by atoms with Crippen molar-refractivity contribution in [2.75, 3.05) is 33.4 Å². The highest BCUT2D eigenvalue weighted by molar-refractivity contribution is 5.99. The van der Waals surface area contributed by atoms with Crippen molar-refractivity contribution in [2.24, 2.45) is 0 Å². The molecule has 1 fully saturated rings. The van der Waals surface area contributed by atoms with Crippen molar-refractivity contribution in [1.82, 2.24) is 10.2 Å². The number of para-hydroxylation sites is 1. The Bertz CT molecular complexity index is 757. The second-order valence-corrected chi connectivity index (χ2v) is 5.96. The summed E-state index contributed by atoms with van der Waals surface area (Å²) in [5.74, 6) is -0.0173. The van der Waals surface area contributed by atoms with Gasteiger partial charge in [0.2, 0.25) is 5.91 Å². The number of ether oxygens (including phenoxy) is 2. The first-order valence-electron chi connectivity index (χ1n) is 8.56. The first kappa shape index (κ1) is 17.9. The number of hydrogen-bond acceptors (Lipinski definition) is 4. The molecule has 0 saturated carbocycles. The van der Waals surface area contributed by atoms with E-state index in [2.05, 4.69) is 5.32 Å². The van der Waals surface area contributed by atoms with E-state index in [0.717, 1.165) is 5.56 Å². The van der Waals surface area contributed by atoms with Crippen molar-refractivity contribution in [3.05, 3.63) is 65.7 Å². The Morgan fingerprint density at radius 3 is 2.38 bits per heavy atom. The summed E-state index contributed by atoms with van der Waals surface area (Å²) in [6.45, 7) is 2.06. The van der Waals surface area contributed by atoms with Crippen molar-refractivity contribution in [1.29, 1.82) is 0 Å². The van der Waals surface area contributed by atoms with Gasteiger partial charge in [0.05, 0.1) is 25.9 Å². The number of benzene rings is 2. The van der Waals surface area contributed by atoms with Crippen LogP contribution in [0.4, 0.5) is 0 Å². The third-order valence-electron chi connectivity index (χ3n) is 4.33. The van der Waals surface area contributed by atoms with Gasteiger partial charge in [0, 0.05) is 13.1 Å². The van der Waals surface area contributed by atoms with Crippen LogP contribution in [0.3, 0.4) is 0 Å². The third-order valence-corrected chi connectivity index (χ3v) is 4.33. The smallest absolute Gasteiger partial charge is 0.255 e. The average Bonchev–Trinajstić information content (AvgIpc) is 2.72. The zero-order valence-corrected chi connectivity index (χ0v) is 14.7. The Labute approximate surface area is 152 Å². The first-order chi connectivity index (χ1) is 12.7. The second-order valence-electron chi connectivity index (χ2n) is 5.96. The molecule has 0 bridgehead atoms. The van der Waals surface area contributed by atoms with Crippen LogP contribution in [0.25, 0.3) is 0 Å². The zero-order chi connectivity index (χ0) is 18.4. The van der Waals surface area contributed by atoms with Gasteiger partial charge >= 0.3 is 0 Å². The molecular weight excluding hydrogens is 332 g/mol. The van der Waals surface area contributed by atoms with Gasteiger partial charge < -0.3 is 19.7 Å². The number of rotatable bonds is 5. The molecule has 136 valence electrons. The molecule has 0 unspecified atom stereocenters. The first-order valence-corrected chi connectivity index (χ1v) is 8.56. The highest BCUT2D eigenvalue weighted by Gasteiger charge is 2.29. The summed E-state index contributed by atoms with van der Waals surface area (Å²) in [6, 6.07) is 15.5. The van der Waals surface area contributed by atoms with Gasteiger partial charge in [-0.15, -0.1) is 0 Å². The lowest BCUT2D eigenvalue weighted by atomic mass is 10.0. The van der Waals surface area contributed by atoms with Crippen molar-refractivity contribution in [3.8, 4) is 5.75 Å². The second kappa shape index (κ2) is 8.49. The highest BCUT2D eigenvalue weighted by Crippen LogP contribution is 2.21. The van der Waals surface area contributed by atoms with Gasteiger partial charge in [-0.05, 0) is 17.7 Å². The maximum absolute atomic E-state index is 13.0. The summed E-state index contributed by atoms with van der Waals surface area (Å²) >= 11 is 0. The van der Waals surface area contributed by atoms with Gasteiger partial charge in [0.15, 0.2) is 0 Å². The van der Waals surface area contributed by atoms with Crippen LogP contribution in [-0.4, -0.2) is 50.1 Å². The minimum atomic E-state index is -0.758. The van der Waals surface area contributed by atoms with Gasteiger partial charge in [0.25, 0.3) is 5.91 Å². The van der Waals surface area contributed by atoms with E-state index in [9.17, 15) is 9.59 Å². The fourth-order valence-electron chi connectivity index (χ4n) is 2.94. The van der Waals surface area contributed by atoms with Crippen LogP contribution in [0.5, 0.6) is 5.75 Å². The fraction of sp³-hybridized carbons (Fsp3) is 0.300. The molecule has 1 saturated heterocycles. The van der Waals surface area contributed by atoms with E-state index in [4.69, 9.17) is 9.47 Å². The predicted octanol–water partition coefficient (Wildman–Crippen LogP) is 2.03. The Morgan fingerprint density at radius 1 is 1.04 bits per heavy atom. The predicted molar refractivity (Wildman–Crippen MR) is 97.0 cm³/mol. The van der Waals surface area contributed by atoms with Crippen molar-refractivity contribution in [2.45, 2.75) is 6.04 Å². The normalized spacial score (nSPS) is 15.2. The van der Waals surface area contributed by atoms with Crippen LogP contribution >= 0.6 is 0 Å². The van der Waals surface area contributed by atoms with Crippen LogP contribution < -0.4 is 10.1 Å². The number of methoxy groups -OCH3 is 1. The molecule has 1 N–H and O–H groups in total. The summed E-state index contributed by atoms with van der Waals surface area (Å²) in [4.78, 5) is 27.6. The molecule has 2 aromatic rings. The topological polar surface area (TPSA) is 67.9 Å². The molecule has 1 heterocycles. The molecule has 3 rings (SSSR count). The maximum atomic E-state index is 13.0. The molecule has 1 aliphatic rings. The van der Waals surface area contributed by atoms with Crippen molar-refractivity contribution in [3.63, 3.8) is 0 Å². The molecule has 1 aliphatic heterocycles. The quantitative estimate of drug-likeness (QED) is 0.892. The summed E-state index contributed by atoms with van der Waals surface area (Å²) in [5, 5.41) is 2.87. The molecule has 6 heteroatoms. The minimum Gasteiger partial charge on any atom is -0.496 e. The molecule has 2 aromatic carbocycles. The van der Waals surface area contributed by atoms with Crippen LogP contribution in [-0.2, 0) is 9.53 Å². The van der Waals surface area contributed by atoms with Crippen LogP contribution in [0.2, 0.25) is 0 Å². The molecule has 2 amide bonds. The lowest BCUT2D eigenvalue weighted by Gasteiger charge is -2.31. The zero-order valence-electron chi connectivity index (χ0n) is 14.7. The molecule has 0 spiro atoms. The molecule has 0 aliphatic carbocycles. The third kappa shape index (κ3) is 4.03. The van der Waals surface area contributed by atoms with E-state index in [1.54, 1.807) is 29.2 Å². The summed E-state index contributed by atoms with van der Waals surface area (Å²) in [6.07, 6.45) is 0. The van der Waals surface area contributed by atoms with Gasteiger partial charge in [-0.1, -0.05) is 42.5 Å². The van der Waals surface area contributed by atoms with E-state index in [-0.39, 0.29) is 11.8 Å². The summed E-state index contributed by atoms with van der Waals surface area (Å²) in [7, 11) is 1.51. The largest absolute Gasteiger partial charge is 0.496 e. The molecule has 0 radical (unpaired) electrons. The standard InChI is InChI=1S/C20H22N2O4/c1-25-17-10-6-5-9-16(17)19(23)21-18(15-7-3-2-4-8-15)20(24)22-11-13-26-14-12-22/h2-10,18H,11-14H2,1H3,(H,21,23)/t18-/m1/s1. The molecule has 6 nitrogen and oxygen atoms in total. The van der Waals surface area contributed by atoms with E-state index >= 15 is 0 Å². The monoisotopic (exact) mass is 354 g/mol. The minimum absolute atomic E-state index is 0.136. The Hall–Kier alpha value is -2.86. The lowest BCUT2D eigenvalue weighted by molar-refractivity contribution is -0.137. The van der Waals surface area contributed by atoms with E-state index in [1.165, 1.54) is 7.11 Å². The summed E-state index contributed by atoms with van der Waals surface area (Å²) in [5.41, 5.74) is 1.14. The molecule has 1 atom stereocenters. The Balaban J connectivity index is 1.86. The van der Waals surface area contributed by atoms with Crippen molar-refractivity contribution < 1.29 is 19.1 Å². The van der Waals surface area contributed by atoms with Gasteiger partial charge in [-0.3, -0.25) is 9.59 Å². The lowest BCUT2D eigenvalue weighted by Crippen LogP contribution is -2.47. The van der Waals surface area contributed by atoms with E-state index in [0.29, 0.717) is 37.6 Å². The fourth-order valence-corrected chi connectivity index (χ4v) is 2.94. The molecule has 26 heavy (non-hydrogen) atoms. The number of carbonyl (C=O) groups is 2. The van der Waals surface area contributed by atoms with Gasteiger partial charge in [0.1, 0.15) is 11.8 Å². The van der Waals surface area contributed by atoms with Crippen LogP contribution in [0.15, 0.2) is 54.6 Å². The Kier molecular flexibility index (Phi) is 5.86. The number of hydrogen-bond donors (Lipinski definition) is 1. The SMILES string of the molecule is COc1ccccc1C(=O)N[C@@H](C(=O)N1CCOCC1)c1ccccc1. The average molecular weight is 354 g/mol. The molecule has 0 aromatic heterocycles. The number of amides is 2. The Morgan fingerprint density at radius 2 is 1.69 bits per heavy atom. The number of nitrogens with zero attached hydrogens (tertiary/aromatic N) is 1. The number of carbonyl (C=O) groups excluding carboxylic acids is 2. The highest BCUT2D eigenvalue weighted by atomic mass is 16.5. The van der Waals surface area contributed by atoms with Gasteiger partial charge in [-0.25, -0.2) is 0 Å². The number of morpholine rings is 1. The van der Waals surface area contributed by atoms with Crippen LogP contribution in [0.1, 0.15) is 22.0 Å². The summed E-state index contributed by atoms with van der Waals surface area (Å²) < 4.78 is 10.6. The maximum Gasteiger partial charge on any atom is 0.255 e. The van der Waals surface area contributed by atoms with E-state index < -0.39 is 6.04 Å². The van der Waals surface area contributed by atoms with E-state index in [1.807, 2.05) is 30.3 Å². The van der Waals surface area contributed by atoms with Crippen molar-refractivity contribution >= 4 is 11.8 Å². The molecular formula is C20H22N2O4. The van der Waals surface area contributed by atoms with Crippen LogP contribution in [0, 0.1) is 0 Å². The van der Waals surface area contributed by atoms with Gasteiger partial charge in [-0.2, -0.15) is 0 Å². The number of nitrogens with one attached hydrogen (secondary N) is 1.